The Morgan fingerprint density at radius 3 is 2.43 bits per heavy atom. The molecule has 0 saturated heterocycles. The van der Waals surface area contributed by atoms with Gasteiger partial charge in [-0.25, -0.2) is 0 Å². The summed E-state index contributed by atoms with van der Waals surface area (Å²) in [5.41, 5.74) is 0. The molecule has 2 bridgehead atoms. The van der Waals surface area contributed by atoms with E-state index in [9.17, 15) is 9.67 Å². The fourth-order valence-electron chi connectivity index (χ4n) is 2.51. The number of hydrogen-bond acceptors (Lipinski definition) is 4. The Hall–Kier alpha value is -0.150. The molecule has 0 unspecified atom stereocenters. The summed E-state index contributed by atoms with van der Waals surface area (Å²) in [5, 5.41) is 9.03. The van der Waals surface area contributed by atoms with E-state index in [1.807, 2.05) is 6.08 Å². The van der Waals surface area contributed by atoms with Gasteiger partial charge in [0.1, 0.15) is 0 Å². The van der Waals surface area contributed by atoms with Crippen LogP contribution in [0.3, 0.4) is 0 Å². The first-order valence-electron chi connectivity index (χ1n) is 4.68. The Labute approximate surface area is 83.4 Å². The van der Waals surface area contributed by atoms with Crippen molar-refractivity contribution in [2.75, 3.05) is 14.2 Å². The predicted octanol–water partition coefficient (Wildman–Crippen LogP) is 1.76. The molecule has 1 saturated carbocycles. The van der Waals surface area contributed by atoms with Gasteiger partial charge in [-0.1, -0.05) is 12.2 Å². The molecule has 14 heavy (non-hydrogen) atoms. The third-order valence-electron chi connectivity index (χ3n) is 3.28. The van der Waals surface area contributed by atoms with E-state index in [0.717, 1.165) is 6.42 Å². The average Bonchev–Trinajstić information content (AvgIpc) is 2.76. The van der Waals surface area contributed by atoms with Crippen molar-refractivity contribution < 1.29 is 18.7 Å². The zero-order chi connectivity index (χ0) is 10.4. The molecule has 0 heterocycles. The number of aliphatic hydroxyl groups is 1. The summed E-state index contributed by atoms with van der Waals surface area (Å²) in [6.07, 6.45) is 5.31. The van der Waals surface area contributed by atoms with E-state index >= 15 is 0 Å². The van der Waals surface area contributed by atoms with E-state index in [0.29, 0.717) is 12.3 Å². The maximum Gasteiger partial charge on any atom is 0.362 e. The van der Waals surface area contributed by atoms with E-state index in [4.69, 9.17) is 9.05 Å². The lowest BCUT2D eigenvalue weighted by atomic mass is 10.0. The summed E-state index contributed by atoms with van der Waals surface area (Å²) in [6, 6.07) is 0. The zero-order valence-electron chi connectivity index (χ0n) is 8.34. The van der Waals surface area contributed by atoms with Crippen LogP contribution in [-0.4, -0.2) is 24.7 Å². The van der Waals surface area contributed by atoms with Crippen molar-refractivity contribution >= 4 is 7.60 Å². The van der Waals surface area contributed by atoms with Crippen LogP contribution in [0.2, 0.25) is 0 Å². The first-order chi connectivity index (χ1) is 6.55. The maximum atomic E-state index is 12.1. The molecule has 1 N–H and O–H groups in total. The summed E-state index contributed by atoms with van der Waals surface area (Å²) in [4.78, 5) is 0. The van der Waals surface area contributed by atoms with Crippen molar-refractivity contribution in [1.82, 2.24) is 0 Å². The lowest BCUT2D eigenvalue weighted by Crippen LogP contribution is -2.34. The van der Waals surface area contributed by atoms with Gasteiger partial charge >= 0.3 is 7.60 Å². The normalized spacial score (nSPS) is 40.8. The van der Waals surface area contributed by atoms with E-state index < -0.39 is 12.9 Å². The second kappa shape index (κ2) is 3.17. The van der Waals surface area contributed by atoms with Gasteiger partial charge in [0.05, 0.1) is 0 Å². The summed E-state index contributed by atoms with van der Waals surface area (Å²) < 4.78 is 21.9. The van der Waals surface area contributed by atoms with Crippen LogP contribution in [0.1, 0.15) is 12.8 Å². The Balaban J connectivity index is 2.33. The first kappa shape index (κ1) is 10.4. The second-order valence-electron chi connectivity index (χ2n) is 3.93. The summed E-state index contributed by atoms with van der Waals surface area (Å²) >= 11 is 0. The van der Waals surface area contributed by atoms with Gasteiger partial charge in [0, 0.05) is 20.1 Å². The molecule has 0 aromatic heterocycles. The Kier molecular flexibility index (Phi) is 2.35. The molecule has 2 aliphatic rings. The summed E-state index contributed by atoms with van der Waals surface area (Å²) in [6.45, 7) is 0. The number of allylic oxidation sites excluding steroid dienone is 1. The third-order valence-corrected chi connectivity index (χ3v) is 5.71. The van der Waals surface area contributed by atoms with Gasteiger partial charge in [-0.15, -0.1) is 0 Å². The average molecular weight is 218 g/mol. The molecule has 0 aromatic rings. The molecule has 0 amide bonds. The van der Waals surface area contributed by atoms with Crippen molar-refractivity contribution in [3.05, 3.63) is 12.2 Å². The van der Waals surface area contributed by atoms with Crippen molar-refractivity contribution in [2.45, 2.75) is 18.2 Å². The SMILES string of the molecule is COP(=O)(OC)[C@]1(O)C[C@H]2C=C[C@@H]1C2. The monoisotopic (exact) mass is 218 g/mol. The minimum Gasteiger partial charge on any atom is -0.377 e. The van der Waals surface area contributed by atoms with Crippen LogP contribution >= 0.6 is 7.60 Å². The van der Waals surface area contributed by atoms with Crippen molar-refractivity contribution in [3.63, 3.8) is 0 Å². The predicted molar refractivity (Wildman–Crippen MR) is 51.9 cm³/mol. The molecule has 3 atom stereocenters. The van der Waals surface area contributed by atoms with Gasteiger partial charge < -0.3 is 14.2 Å². The maximum absolute atomic E-state index is 12.1. The molecule has 5 heteroatoms. The van der Waals surface area contributed by atoms with Crippen LogP contribution in [0.5, 0.6) is 0 Å². The molecular formula is C9H15O4P. The number of hydrogen-bond donors (Lipinski definition) is 1. The van der Waals surface area contributed by atoms with Crippen LogP contribution < -0.4 is 0 Å². The first-order valence-corrected chi connectivity index (χ1v) is 6.22. The molecule has 1 fully saturated rings. The Morgan fingerprint density at radius 2 is 2.07 bits per heavy atom. The Morgan fingerprint density at radius 1 is 1.43 bits per heavy atom. The highest BCUT2D eigenvalue weighted by molar-refractivity contribution is 7.55. The van der Waals surface area contributed by atoms with Crippen molar-refractivity contribution in [1.29, 1.82) is 0 Å². The standard InChI is InChI=1S/C9H15O4P/c1-12-14(11,13-2)9(10)6-7-3-4-8(9)5-7/h3-4,7-8,10H,5-6H2,1-2H3/t7-,8+,9+/m0/s1. The van der Waals surface area contributed by atoms with Crippen LogP contribution in [0.15, 0.2) is 12.2 Å². The van der Waals surface area contributed by atoms with Gasteiger partial charge in [-0.05, 0) is 18.8 Å². The highest BCUT2D eigenvalue weighted by Gasteiger charge is 2.59. The summed E-state index contributed by atoms with van der Waals surface area (Å²) in [7, 11) is -0.744. The second-order valence-corrected chi connectivity index (χ2v) is 6.43. The molecule has 2 aliphatic carbocycles. The van der Waals surface area contributed by atoms with Gasteiger partial charge in [-0.2, -0.15) is 0 Å². The van der Waals surface area contributed by atoms with Gasteiger partial charge in [0.25, 0.3) is 0 Å². The quantitative estimate of drug-likeness (QED) is 0.579. The molecule has 0 radical (unpaired) electrons. The number of rotatable bonds is 3. The van der Waals surface area contributed by atoms with Crippen LogP contribution in [0, 0.1) is 11.8 Å². The molecule has 0 spiro atoms. The van der Waals surface area contributed by atoms with E-state index in [2.05, 4.69) is 6.08 Å². The van der Waals surface area contributed by atoms with Crippen molar-refractivity contribution in [2.24, 2.45) is 11.8 Å². The van der Waals surface area contributed by atoms with Gasteiger partial charge in [0.2, 0.25) is 0 Å². The minimum atomic E-state index is -3.38. The topological polar surface area (TPSA) is 55.8 Å². The largest absolute Gasteiger partial charge is 0.377 e. The van der Waals surface area contributed by atoms with E-state index in [1.54, 1.807) is 0 Å². The van der Waals surface area contributed by atoms with Crippen LogP contribution in [0.4, 0.5) is 0 Å². The number of fused-ring (bicyclic) bond motifs is 2. The van der Waals surface area contributed by atoms with E-state index in [-0.39, 0.29) is 5.92 Å². The van der Waals surface area contributed by atoms with Crippen LogP contribution in [0.25, 0.3) is 0 Å². The molecule has 80 valence electrons. The fraction of sp³-hybridized carbons (Fsp3) is 0.778. The van der Waals surface area contributed by atoms with Gasteiger partial charge in [-0.3, -0.25) is 4.57 Å². The molecule has 2 rings (SSSR count). The molecule has 0 aliphatic heterocycles. The summed E-state index contributed by atoms with van der Waals surface area (Å²) in [5.74, 6) is 0.238. The van der Waals surface area contributed by atoms with Crippen LogP contribution in [-0.2, 0) is 13.6 Å². The Bertz CT molecular complexity index is 306. The van der Waals surface area contributed by atoms with Crippen molar-refractivity contribution in [3.8, 4) is 0 Å². The molecule has 4 nitrogen and oxygen atoms in total. The van der Waals surface area contributed by atoms with Gasteiger partial charge in [0.15, 0.2) is 5.34 Å². The highest BCUT2D eigenvalue weighted by Crippen LogP contribution is 2.68. The highest BCUT2D eigenvalue weighted by atomic mass is 31.2. The molecular weight excluding hydrogens is 203 g/mol. The lowest BCUT2D eigenvalue weighted by Gasteiger charge is -2.34. The fourth-order valence-corrected chi connectivity index (χ4v) is 4.35. The lowest BCUT2D eigenvalue weighted by molar-refractivity contribution is 0.0568. The zero-order valence-corrected chi connectivity index (χ0v) is 9.24. The molecule has 0 aromatic carbocycles. The van der Waals surface area contributed by atoms with E-state index in [1.165, 1.54) is 14.2 Å². The third kappa shape index (κ3) is 1.15. The minimum absolute atomic E-state index is 0.0850. The smallest absolute Gasteiger partial charge is 0.362 e.